The smallest absolute Gasteiger partial charge is 0.245 e. The summed E-state index contributed by atoms with van der Waals surface area (Å²) >= 11 is 0. The molecule has 152 valence electrons. The zero-order valence-electron chi connectivity index (χ0n) is 17.3. The van der Waals surface area contributed by atoms with E-state index in [-0.39, 0.29) is 11.3 Å². The van der Waals surface area contributed by atoms with Crippen molar-refractivity contribution in [1.29, 1.82) is 0 Å². The molecule has 2 aromatic heterocycles. The summed E-state index contributed by atoms with van der Waals surface area (Å²) in [5, 5.41) is 26.9. The predicted octanol–water partition coefficient (Wildman–Crippen LogP) is 2.61. The van der Waals surface area contributed by atoms with Gasteiger partial charge in [-0.25, -0.2) is 4.98 Å². The van der Waals surface area contributed by atoms with Gasteiger partial charge in [0, 0.05) is 49.0 Å². The number of nitrogens with one attached hydrogen (secondary N) is 1. The topological polar surface area (TPSA) is 92.0 Å². The van der Waals surface area contributed by atoms with Crippen molar-refractivity contribution in [3.05, 3.63) is 36.8 Å². The molecule has 0 spiro atoms. The third-order valence-corrected chi connectivity index (χ3v) is 5.25. The Hall–Kier alpha value is -3.00. The minimum Gasteiger partial charge on any atom is -0.507 e. The Kier molecular flexibility index (Phi) is 4.96. The molecule has 2 N–H and O–H groups in total. The standard InChI is InChI=1S/C21H27N7O/c1-14(2)24-21(3)7-8-28(13-21)20-22-11-18(25-26-20)17-6-5-15(9-19(17)29)16-10-23-27(4)12-16/h5-6,9-12,14,24,29H,7-8,13H2,1-4H3. The SMILES string of the molecule is CC(C)NC1(C)CCN(c2ncc(-c3ccc(-c4cnn(C)c4)cc3O)nn2)C1. The Labute approximate surface area is 170 Å². The Balaban J connectivity index is 1.51. The number of nitrogens with zero attached hydrogens (tertiary/aromatic N) is 6. The van der Waals surface area contributed by atoms with Gasteiger partial charge in [0.1, 0.15) is 11.4 Å². The molecule has 8 nitrogen and oxygen atoms in total. The van der Waals surface area contributed by atoms with Crippen LogP contribution < -0.4 is 10.2 Å². The Morgan fingerprint density at radius 2 is 2.00 bits per heavy atom. The van der Waals surface area contributed by atoms with Gasteiger partial charge in [-0.1, -0.05) is 19.9 Å². The molecule has 8 heteroatoms. The number of phenols is 1. The van der Waals surface area contributed by atoms with Crippen LogP contribution in [-0.2, 0) is 7.05 Å². The maximum Gasteiger partial charge on any atom is 0.245 e. The summed E-state index contributed by atoms with van der Waals surface area (Å²) in [5.41, 5.74) is 3.05. The number of aryl methyl sites for hydroxylation is 1. The maximum absolute atomic E-state index is 10.5. The van der Waals surface area contributed by atoms with Gasteiger partial charge in [0.15, 0.2) is 0 Å². The molecule has 3 heterocycles. The molecule has 1 saturated heterocycles. The Morgan fingerprint density at radius 1 is 1.17 bits per heavy atom. The number of aromatic nitrogens is 5. The monoisotopic (exact) mass is 393 g/mol. The van der Waals surface area contributed by atoms with Crippen molar-refractivity contribution in [1.82, 2.24) is 30.3 Å². The fraction of sp³-hybridized carbons (Fsp3) is 0.429. The van der Waals surface area contributed by atoms with Crippen LogP contribution in [0, 0.1) is 0 Å². The van der Waals surface area contributed by atoms with Crippen LogP contribution in [0.5, 0.6) is 5.75 Å². The van der Waals surface area contributed by atoms with Crippen LogP contribution in [0.2, 0.25) is 0 Å². The molecule has 3 aromatic rings. The zero-order valence-corrected chi connectivity index (χ0v) is 17.3. The van der Waals surface area contributed by atoms with E-state index < -0.39 is 0 Å². The van der Waals surface area contributed by atoms with Crippen molar-refractivity contribution in [3.63, 3.8) is 0 Å². The van der Waals surface area contributed by atoms with E-state index in [0.29, 0.717) is 23.2 Å². The molecular formula is C21H27N7O. The van der Waals surface area contributed by atoms with Crippen molar-refractivity contribution in [2.24, 2.45) is 7.05 Å². The first-order valence-corrected chi connectivity index (χ1v) is 9.88. The van der Waals surface area contributed by atoms with Crippen LogP contribution in [0.1, 0.15) is 27.2 Å². The second-order valence-electron chi connectivity index (χ2n) is 8.31. The average Bonchev–Trinajstić information content (AvgIpc) is 3.27. The molecule has 0 radical (unpaired) electrons. The van der Waals surface area contributed by atoms with E-state index >= 15 is 0 Å². The fourth-order valence-electron chi connectivity index (χ4n) is 3.98. The van der Waals surface area contributed by atoms with E-state index in [0.717, 1.165) is 30.6 Å². The summed E-state index contributed by atoms with van der Waals surface area (Å²) in [4.78, 5) is 6.66. The van der Waals surface area contributed by atoms with Gasteiger partial charge in [0.05, 0.1) is 12.4 Å². The lowest BCUT2D eigenvalue weighted by molar-refractivity contribution is 0.357. The van der Waals surface area contributed by atoms with Crippen molar-refractivity contribution in [2.45, 2.75) is 38.8 Å². The van der Waals surface area contributed by atoms with Crippen LogP contribution >= 0.6 is 0 Å². The number of anilines is 1. The Bertz CT molecular complexity index is 999. The molecule has 0 amide bonds. The normalized spacial score (nSPS) is 19.3. The molecule has 0 bridgehead atoms. The average molecular weight is 393 g/mol. The molecule has 29 heavy (non-hydrogen) atoms. The van der Waals surface area contributed by atoms with Crippen LogP contribution in [0.15, 0.2) is 36.8 Å². The molecular weight excluding hydrogens is 366 g/mol. The molecule has 1 unspecified atom stereocenters. The number of phenolic OH excluding ortho intramolecular Hbond substituents is 1. The summed E-state index contributed by atoms with van der Waals surface area (Å²) in [5.74, 6) is 0.764. The first-order valence-electron chi connectivity index (χ1n) is 9.88. The number of hydrogen-bond donors (Lipinski definition) is 2. The second-order valence-corrected chi connectivity index (χ2v) is 8.31. The van der Waals surface area contributed by atoms with Gasteiger partial charge in [-0.15, -0.1) is 10.2 Å². The van der Waals surface area contributed by atoms with E-state index in [9.17, 15) is 5.11 Å². The third-order valence-electron chi connectivity index (χ3n) is 5.25. The zero-order chi connectivity index (χ0) is 20.6. The quantitative estimate of drug-likeness (QED) is 0.688. The lowest BCUT2D eigenvalue weighted by Crippen LogP contribution is -2.48. The van der Waals surface area contributed by atoms with Crippen LogP contribution in [0.3, 0.4) is 0 Å². The maximum atomic E-state index is 10.5. The molecule has 1 aliphatic rings. The van der Waals surface area contributed by atoms with Gasteiger partial charge in [0.25, 0.3) is 0 Å². The summed E-state index contributed by atoms with van der Waals surface area (Å²) in [6, 6.07) is 5.91. The number of aromatic hydroxyl groups is 1. The van der Waals surface area contributed by atoms with E-state index in [1.54, 1.807) is 23.1 Å². The molecule has 0 saturated carbocycles. The first-order chi connectivity index (χ1) is 13.8. The van der Waals surface area contributed by atoms with Crippen molar-refractivity contribution in [3.8, 4) is 28.1 Å². The molecule has 4 rings (SSSR count). The Morgan fingerprint density at radius 3 is 2.62 bits per heavy atom. The van der Waals surface area contributed by atoms with Crippen LogP contribution in [-0.4, -0.2) is 54.7 Å². The summed E-state index contributed by atoms with van der Waals surface area (Å²) in [6.45, 7) is 8.29. The van der Waals surface area contributed by atoms with Crippen LogP contribution in [0.4, 0.5) is 5.95 Å². The van der Waals surface area contributed by atoms with Crippen LogP contribution in [0.25, 0.3) is 22.4 Å². The highest BCUT2D eigenvalue weighted by Gasteiger charge is 2.35. The molecule has 1 aliphatic heterocycles. The minimum absolute atomic E-state index is 0.0522. The van der Waals surface area contributed by atoms with Crippen molar-refractivity contribution in [2.75, 3.05) is 18.0 Å². The molecule has 0 aliphatic carbocycles. The highest BCUT2D eigenvalue weighted by atomic mass is 16.3. The lowest BCUT2D eigenvalue weighted by Gasteiger charge is -2.28. The number of hydrogen-bond acceptors (Lipinski definition) is 7. The molecule has 1 fully saturated rings. The molecule has 1 atom stereocenters. The van der Waals surface area contributed by atoms with E-state index in [4.69, 9.17) is 0 Å². The summed E-state index contributed by atoms with van der Waals surface area (Å²) in [7, 11) is 1.86. The summed E-state index contributed by atoms with van der Waals surface area (Å²) < 4.78 is 1.73. The lowest BCUT2D eigenvalue weighted by atomic mass is 10.0. The van der Waals surface area contributed by atoms with Gasteiger partial charge in [0.2, 0.25) is 5.95 Å². The summed E-state index contributed by atoms with van der Waals surface area (Å²) in [6.07, 6.45) is 6.38. The van der Waals surface area contributed by atoms with Gasteiger partial charge in [-0.3, -0.25) is 4.68 Å². The van der Waals surface area contributed by atoms with Gasteiger partial charge in [-0.2, -0.15) is 5.10 Å². The van der Waals surface area contributed by atoms with E-state index in [1.165, 1.54) is 0 Å². The second kappa shape index (κ2) is 7.44. The van der Waals surface area contributed by atoms with Gasteiger partial charge in [-0.05, 0) is 31.0 Å². The predicted molar refractivity (Wildman–Crippen MR) is 113 cm³/mol. The largest absolute Gasteiger partial charge is 0.507 e. The van der Waals surface area contributed by atoms with E-state index in [1.807, 2.05) is 25.4 Å². The molecule has 1 aromatic carbocycles. The first kappa shape index (κ1) is 19.3. The van der Waals surface area contributed by atoms with Crippen molar-refractivity contribution >= 4 is 5.95 Å². The third kappa shape index (κ3) is 4.07. The fourth-order valence-corrected chi connectivity index (χ4v) is 3.98. The van der Waals surface area contributed by atoms with E-state index in [2.05, 4.69) is 51.3 Å². The number of benzene rings is 1. The highest BCUT2D eigenvalue weighted by molar-refractivity contribution is 5.73. The van der Waals surface area contributed by atoms with Crippen molar-refractivity contribution < 1.29 is 5.11 Å². The van der Waals surface area contributed by atoms with Gasteiger partial charge < -0.3 is 15.3 Å². The minimum atomic E-state index is 0.0522. The number of rotatable bonds is 5. The highest BCUT2D eigenvalue weighted by Crippen LogP contribution is 2.32. The van der Waals surface area contributed by atoms with Gasteiger partial charge >= 0.3 is 0 Å².